The molecule has 0 spiro atoms. The van der Waals surface area contributed by atoms with Gasteiger partial charge in [-0.25, -0.2) is 0 Å². The highest BCUT2D eigenvalue weighted by Gasteiger charge is 2.37. The summed E-state index contributed by atoms with van der Waals surface area (Å²) in [7, 11) is 0. The molecule has 3 rings (SSSR count). The van der Waals surface area contributed by atoms with Crippen LogP contribution >= 0.6 is 24.0 Å². The van der Waals surface area contributed by atoms with Gasteiger partial charge in [-0.3, -0.25) is 9.69 Å². The zero-order chi connectivity index (χ0) is 13.9. The smallest absolute Gasteiger partial charge is 0.266 e. The number of allylic oxidation sites excluding steroid dienone is 3. The van der Waals surface area contributed by atoms with Crippen molar-refractivity contribution in [2.45, 2.75) is 57.4 Å². The van der Waals surface area contributed by atoms with Crippen LogP contribution in [0.25, 0.3) is 0 Å². The number of thioether (sulfide) groups is 1. The summed E-state index contributed by atoms with van der Waals surface area (Å²) in [4.78, 5) is 15.4. The first-order chi connectivity index (χ1) is 9.75. The van der Waals surface area contributed by atoms with E-state index in [-0.39, 0.29) is 5.91 Å². The second kappa shape index (κ2) is 6.44. The van der Waals surface area contributed by atoms with Crippen LogP contribution in [0.2, 0.25) is 0 Å². The van der Waals surface area contributed by atoms with Gasteiger partial charge in [0.25, 0.3) is 5.91 Å². The minimum Gasteiger partial charge on any atom is -0.290 e. The summed E-state index contributed by atoms with van der Waals surface area (Å²) in [5.41, 5.74) is 0. The summed E-state index contributed by atoms with van der Waals surface area (Å²) in [5.74, 6) is 0.682. The predicted molar refractivity (Wildman–Crippen MR) is 88.5 cm³/mol. The van der Waals surface area contributed by atoms with Gasteiger partial charge in [0, 0.05) is 6.04 Å². The number of thiocarbonyl (C=S) groups is 1. The monoisotopic (exact) mass is 307 g/mol. The third-order valence-electron chi connectivity index (χ3n) is 4.46. The third kappa shape index (κ3) is 3.01. The van der Waals surface area contributed by atoms with Gasteiger partial charge in [-0.1, -0.05) is 61.5 Å². The second-order valence-electron chi connectivity index (χ2n) is 5.91. The number of carbonyl (C=O) groups excluding carboxylic acids is 1. The number of nitrogens with zero attached hydrogens (tertiary/aromatic N) is 1. The lowest BCUT2D eigenvalue weighted by atomic mass is 9.93. The van der Waals surface area contributed by atoms with E-state index in [0.717, 1.165) is 41.3 Å². The molecule has 0 unspecified atom stereocenters. The fourth-order valence-electron chi connectivity index (χ4n) is 3.33. The maximum absolute atomic E-state index is 12.6. The highest BCUT2D eigenvalue weighted by Crippen LogP contribution is 2.37. The van der Waals surface area contributed by atoms with Gasteiger partial charge in [0.2, 0.25) is 0 Å². The van der Waals surface area contributed by atoms with Gasteiger partial charge in [0.1, 0.15) is 4.32 Å². The van der Waals surface area contributed by atoms with Crippen molar-refractivity contribution in [3.05, 3.63) is 23.1 Å². The van der Waals surface area contributed by atoms with E-state index in [4.69, 9.17) is 12.2 Å². The molecule has 108 valence electrons. The van der Waals surface area contributed by atoms with E-state index in [2.05, 4.69) is 18.2 Å². The van der Waals surface area contributed by atoms with E-state index in [0.29, 0.717) is 12.0 Å². The summed E-state index contributed by atoms with van der Waals surface area (Å²) in [6, 6.07) is 0.355. The largest absolute Gasteiger partial charge is 0.290 e. The topological polar surface area (TPSA) is 20.3 Å². The van der Waals surface area contributed by atoms with E-state index in [9.17, 15) is 4.79 Å². The Labute approximate surface area is 130 Å². The standard InChI is InChI=1S/C16H21NOS2/c18-15-14(11-12-7-3-1-4-8-12)20-16(19)17(15)13-9-5-2-6-10-13/h1,3,11-13H,2,4-10H2/b14-11-/t12-/m1/s1. The van der Waals surface area contributed by atoms with E-state index in [1.54, 1.807) is 0 Å². The normalized spacial score (nSPS) is 30.5. The van der Waals surface area contributed by atoms with Crippen LogP contribution in [0, 0.1) is 5.92 Å². The van der Waals surface area contributed by atoms with Crippen LogP contribution < -0.4 is 0 Å². The molecule has 0 aromatic rings. The first-order valence-corrected chi connectivity index (χ1v) is 8.90. The Hall–Kier alpha value is -0.610. The minimum atomic E-state index is 0.168. The molecule has 0 bridgehead atoms. The lowest BCUT2D eigenvalue weighted by Gasteiger charge is -2.29. The Bertz CT molecular complexity index is 463. The number of hydrogen-bond acceptors (Lipinski definition) is 3. The van der Waals surface area contributed by atoms with Crippen LogP contribution in [0.1, 0.15) is 51.4 Å². The first-order valence-electron chi connectivity index (χ1n) is 7.68. The summed E-state index contributed by atoms with van der Waals surface area (Å²) >= 11 is 6.97. The average Bonchev–Trinajstić information content (AvgIpc) is 2.75. The Kier molecular flexibility index (Phi) is 4.61. The summed E-state index contributed by atoms with van der Waals surface area (Å²) in [5, 5.41) is 0. The molecule has 1 saturated carbocycles. The molecule has 20 heavy (non-hydrogen) atoms. The van der Waals surface area contributed by atoms with Gasteiger partial charge in [0.05, 0.1) is 4.91 Å². The van der Waals surface area contributed by atoms with Crippen LogP contribution in [0.5, 0.6) is 0 Å². The Morgan fingerprint density at radius 3 is 2.70 bits per heavy atom. The summed E-state index contributed by atoms with van der Waals surface area (Å²) in [6.45, 7) is 0. The Morgan fingerprint density at radius 1 is 1.20 bits per heavy atom. The second-order valence-corrected chi connectivity index (χ2v) is 7.59. The Balaban J connectivity index is 1.72. The van der Waals surface area contributed by atoms with Crippen molar-refractivity contribution in [1.29, 1.82) is 0 Å². The van der Waals surface area contributed by atoms with Crippen LogP contribution in [-0.2, 0) is 4.79 Å². The fourth-order valence-corrected chi connectivity index (χ4v) is 4.80. The van der Waals surface area contributed by atoms with Crippen LogP contribution in [0.15, 0.2) is 23.1 Å². The maximum Gasteiger partial charge on any atom is 0.266 e. The lowest BCUT2D eigenvalue weighted by Crippen LogP contribution is -2.39. The zero-order valence-corrected chi connectivity index (χ0v) is 13.3. The van der Waals surface area contributed by atoms with Crippen molar-refractivity contribution in [2.75, 3.05) is 0 Å². The van der Waals surface area contributed by atoms with Crippen molar-refractivity contribution in [2.24, 2.45) is 5.92 Å². The number of rotatable bonds is 2. The van der Waals surface area contributed by atoms with E-state index in [1.807, 2.05) is 4.90 Å². The molecule has 1 amide bonds. The maximum atomic E-state index is 12.6. The molecule has 0 radical (unpaired) electrons. The van der Waals surface area contributed by atoms with E-state index < -0.39 is 0 Å². The van der Waals surface area contributed by atoms with Gasteiger partial charge >= 0.3 is 0 Å². The molecule has 1 heterocycles. The summed E-state index contributed by atoms with van der Waals surface area (Å²) < 4.78 is 0.777. The van der Waals surface area contributed by atoms with Crippen molar-refractivity contribution >= 4 is 34.2 Å². The molecule has 0 N–H and O–H groups in total. The van der Waals surface area contributed by atoms with Crippen molar-refractivity contribution in [1.82, 2.24) is 4.90 Å². The van der Waals surface area contributed by atoms with Gasteiger partial charge in [-0.2, -0.15) is 0 Å². The molecule has 3 aliphatic rings. The van der Waals surface area contributed by atoms with Gasteiger partial charge in [0.15, 0.2) is 0 Å². The van der Waals surface area contributed by atoms with Crippen LogP contribution in [0.4, 0.5) is 0 Å². The highest BCUT2D eigenvalue weighted by molar-refractivity contribution is 8.26. The predicted octanol–water partition coefficient (Wildman–Crippen LogP) is 4.42. The van der Waals surface area contributed by atoms with Gasteiger partial charge in [-0.15, -0.1) is 0 Å². The first kappa shape index (κ1) is 14.3. The third-order valence-corrected chi connectivity index (χ3v) is 5.81. The van der Waals surface area contributed by atoms with Gasteiger partial charge in [-0.05, 0) is 38.0 Å². The molecular formula is C16H21NOS2. The molecule has 2 nitrogen and oxygen atoms in total. The fraction of sp³-hybridized carbons (Fsp3) is 0.625. The van der Waals surface area contributed by atoms with E-state index >= 15 is 0 Å². The molecule has 0 aromatic heterocycles. The molecule has 1 atom stereocenters. The molecule has 0 aromatic carbocycles. The number of hydrogen-bond donors (Lipinski definition) is 0. The van der Waals surface area contributed by atoms with Crippen LogP contribution in [-0.4, -0.2) is 21.2 Å². The number of carbonyl (C=O) groups is 1. The van der Waals surface area contributed by atoms with Crippen molar-refractivity contribution in [3.63, 3.8) is 0 Å². The van der Waals surface area contributed by atoms with Crippen molar-refractivity contribution < 1.29 is 4.79 Å². The average molecular weight is 307 g/mol. The SMILES string of the molecule is O=C1/C(=C/[C@@H]2CC=CCC2)SC(=S)N1C1CCCCC1. The van der Waals surface area contributed by atoms with E-state index in [1.165, 1.54) is 31.0 Å². The molecule has 2 aliphatic carbocycles. The molecule has 2 fully saturated rings. The van der Waals surface area contributed by atoms with Crippen molar-refractivity contribution in [3.8, 4) is 0 Å². The van der Waals surface area contributed by atoms with Gasteiger partial charge < -0.3 is 0 Å². The molecule has 1 aliphatic heterocycles. The number of amides is 1. The minimum absolute atomic E-state index is 0.168. The zero-order valence-electron chi connectivity index (χ0n) is 11.7. The summed E-state index contributed by atoms with van der Waals surface area (Å²) in [6.07, 6.45) is 16.0. The molecule has 1 saturated heterocycles. The highest BCUT2D eigenvalue weighted by atomic mass is 32.2. The molecular weight excluding hydrogens is 286 g/mol. The quantitative estimate of drug-likeness (QED) is 0.428. The van der Waals surface area contributed by atoms with Crippen LogP contribution in [0.3, 0.4) is 0 Å². The Morgan fingerprint density at radius 2 is 2.00 bits per heavy atom. The lowest BCUT2D eigenvalue weighted by molar-refractivity contribution is -0.124. The molecule has 4 heteroatoms.